The number of nitrogens with zero attached hydrogens (tertiary/aromatic N) is 1. The van der Waals surface area contributed by atoms with Gasteiger partial charge in [0.2, 0.25) is 0 Å². The van der Waals surface area contributed by atoms with Gasteiger partial charge in [-0.1, -0.05) is 55.5 Å². The van der Waals surface area contributed by atoms with Gasteiger partial charge >= 0.3 is 6.09 Å². The number of aliphatic hydroxyl groups is 1. The summed E-state index contributed by atoms with van der Waals surface area (Å²) >= 11 is 0. The molecular formula is C22H25NO3. The van der Waals surface area contributed by atoms with E-state index in [1.165, 1.54) is 22.3 Å². The van der Waals surface area contributed by atoms with Crippen molar-refractivity contribution in [1.82, 2.24) is 4.90 Å². The fourth-order valence-electron chi connectivity index (χ4n) is 4.25. The number of fused-ring (bicyclic) bond motifs is 3. The molecule has 26 heavy (non-hydrogen) atoms. The molecule has 0 spiro atoms. The zero-order valence-corrected chi connectivity index (χ0v) is 15.3. The van der Waals surface area contributed by atoms with Gasteiger partial charge in [0.1, 0.15) is 6.61 Å². The molecule has 1 saturated heterocycles. The van der Waals surface area contributed by atoms with Crippen LogP contribution in [-0.4, -0.2) is 41.4 Å². The first-order valence-corrected chi connectivity index (χ1v) is 9.36. The van der Waals surface area contributed by atoms with Crippen molar-refractivity contribution in [2.24, 2.45) is 5.92 Å². The summed E-state index contributed by atoms with van der Waals surface area (Å²) in [5, 5.41) is 9.99. The molecule has 0 saturated carbocycles. The topological polar surface area (TPSA) is 49.8 Å². The summed E-state index contributed by atoms with van der Waals surface area (Å²) in [5.41, 5.74) is 4.90. The van der Waals surface area contributed by atoms with Crippen LogP contribution in [0.4, 0.5) is 4.79 Å². The molecule has 3 unspecified atom stereocenters. The van der Waals surface area contributed by atoms with E-state index in [-0.39, 0.29) is 30.1 Å². The summed E-state index contributed by atoms with van der Waals surface area (Å²) in [4.78, 5) is 14.4. The van der Waals surface area contributed by atoms with Crippen LogP contribution in [0, 0.1) is 5.92 Å². The molecule has 1 amide bonds. The van der Waals surface area contributed by atoms with Gasteiger partial charge in [0.25, 0.3) is 0 Å². The smallest absolute Gasteiger partial charge is 0.410 e. The van der Waals surface area contributed by atoms with Crippen molar-refractivity contribution in [3.63, 3.8) is 0 Å². The number of amides is 1. The number of aliphatic hydroxyl groups excluding tert-OH is 1. The Kier molecular flexibility index (Phi) is 4.45. The zero-order valence-electron chi connectivity index (χ0n) is 15.3. The maximum Gasteiger partial charge on any atom is 0.410 e. The van der Waals surface area contributed by atoms with E-state index in [9.17, 15) is 9.90 Å². The van der Waals surface area contributed by atoms with Gasteiger partial charge in [-0.25, -0.2) is 4.79 Å². The fraction of sp³-hybridized carbons (Fsp3) is 0.409. The highest BCUT2D eigenvalue weighted by Gasteiger charge is 2.35. The van der Waals surface area contributed by atoms with Gasteiger partial charge in [-0.05, 0) is 41.5 Å². The van der Waals surface area contributed by atoms with E-state index in [2.05, 4.69) is 24.3 Å². The molecule has 0 bridgehead atoms. The van der Waals surface area contributed by atoms with E-state index in [1.54, 1.807) is 4.90 Å². The first-order valence-electron chi connectivity index (χ1n) is 9.36. The zero-order chi connectivity index (χ0) is 18.3. The van der Waals surface area contributed by atoms with Crippen LogP contribution in [0.3, 0.4) is 0 Å². The fourth-order valence-corrected chi connectivity index (χ4v) is 4.25. The summed E-state index contributed by atoms with van der Waals surface area (Å²) in [7, 11) is 0. The highest BCUT2D eigenvalue weighted by atomic mass is 16.6. The third kappa shape index (κ3) is 2.88. The van der Waals surface area contributed by atoms with E-state index in [0.29, 0.717) is 19.6 Å². The van der Waals surface area contributed by atoms with Crippen LogP contribution >= 0.6 is 0 Å². The van der Waals surface area contributed by atoms with Crippen LogP contribution in [0.5, 0.6) is 0 Å². The normalized spacial score (nSPS) is 24.9. The van der Waals surface area contributed by atoms with Crippen molar-refractivity contribution in [2.45, 2.75) is 38.3 Å². The number of hydrogen-bond donors (Lipinski definition) is 1. The average Bonchev–Trinajstić information content (AvgIpc) is 2.97. The molecule has 1 aliphatic heterocycles. The molecule has 3 atom stereocenters. The first kappa shape index (κ1) is 17.1. The molecule has 0 radical (unpaired) electrons. The van der Waals surface area contributed by atoms with E-state index in [4.69, 9.17) is 4.74 Å². The van der Waals surface area contributed by atoms with Crippen LogP contribution in [0.15, 0.2) is 48.5 Å². The minimum absolute atomic E-state index is 0.00292. The van der Waals surface area contributed by atoms with Crippen LogP contribution < -0.4 is 0 Å². The Bertz CT molecular complexity index is 773. The lowest BCUT2D eigenvalue weighted by atomic mass is 9.92. The molecule has 2 aromatic carbocycles. The number of ether oxygens (including phenoxy) is 1. The monoisotopic (exact) mass is 351 g/mol. The molecule has 4 rings (SSSR count). The average molecular weight is 351 g/mol. The molecular weight excluding hydrogens is 326 g/mol. The summed E-state index contributed by atoms with van der Waals surface area (Å²) in [5.74, 6) is 0.154. The predicted molar refractivity (Wildman–Crippen MR) is 101 cm³/mol. The number of piperidine rings is 1. The number of carbonyl (C=O) groups is 1. The van der Waals surface area contributed by atoms with Gasteiger partial charge in [0, 0.05) is 18.5 Å². The van der Waals surface area contributed by atoms with Gasteiger partial charge in [0.05, 0.1) is 6.10 Å². The summed E-state index contributed by atoms with van der Waals surface area (Å²) in [6.45, 7) is 4.82. The molecule has 1 N–H and O–H groups in total. The molecule has 4 heteroatoms. The Morgan fingerprint density at radius 1 is 1.08 bits per heavy atom. The van der Waals surface area contributed by atoms with E-state index in [0.717, 1.165) is 0 Å². The number of likely N-dealkylation sites (tertiary alicyclic amines) is 1. The van der Waals surface area contributed by atoms with Gasteiger partial charge in [-0.15, -0.1) is 0 Å². The molecule has 0 aromatic heterocycles. The SMILES string of the molecule is CC1CN(C(=O)OCC2c3ccccc3-c3ccccc32)C(C)CC1O. The number of hydrogen-bond acceptors (Lipinski definition) is 3. The lowest BCUT2D eigenvalue weighted by Crippen LogP contribution is -2.50. The first-order chi connectivity index (χ1) is 12.6. The Morgan fingerprint density at radius 2 is 1.65 bits per heavy atom. The lowest BCUT2D eigenvalue weighted by molar-refractivity contribution is 0.00194. The third-order valence-electron chi connectivity index (χ3n) is 5.83. The number of rotatable bonds is 2. The second kappa shape index (κ2) is 6.76. The third-order valence-corrected chi connectivity index (χ3v) is 5.83. The molecule has 136 valence electrons. The van der Waals surface area contributed by atoms with Gasteiger partial charge < -0.3 is 14.7 Å². The highest BCUT2D eigenvalue weighted by molar-refractivity contribution is 5.79. The lowest BCUT2D eigenvalue weighted by Gasteiger charge is -2.39. The Hall–Kier alpha value is -2.33. The van der Waals surface area contributed by atoms with E-state index in [1.807, 2.05) is 38.1 Å². The quantitative estimate of drug-likeness (QED) is 0.889. The van der Waals surface area contributed by atoms with Gasteiger partial charge in [-0.3, -0.25) is 0 Å². The van der Waals surface area contributed by atoms with Crippen molar-refractivity contribution in [3.8, 4) is 11.1 Å². The highest BCUT2D eigenvalue weighted by Crippen LogP contribution is 2.44. The molecule has 1 fully saturated rings. The van der Waals surface area contributed by atoms with Crippen molar-refractivity contribution in [1.29, 1.82) is 0 Å². The maximum atomic E-state index is 12.7. The maximum absolute atomic E-state index is 12.7. The van der Waals surface area contributed by atoms with Crippen molar-refractivity contribution in [3.05, 3.63) is 59.7 Å². The van der Waals surface area contributed by atoms with E-state index < -0.39 is 0 Å². The Morgan fingerprint density at radius 3 is 2.27 bits per heavy atom. The largest absolute Gasteiger partial charge is 0.448 e. The summed E-state index contributed by atoms with van der Waals surface area (Å²) in [6, 6.07) is 16.7. The molecule has 2 aromatic rings. The van der Waals surface area contributed by atoms with Crippen molar-refractivity contribution < 1.29 is 14.6 Å². The standard InChI is InChI=1S/C22H25NO3/c1-14-12-23(15(2)11-21(14)24)22(25)26-13-20-18-9-5-3-7-16(18)17-8-4-6-10-19(17)20/h3-10,14-15,20-21,24H,11-13H2,1-2H3. The Balaban J connectivity index is 1.51. The molecule has 2 aliphatic rings. The van der Waals surface area contributed by atoms with Crippen LogP contribution in [0.1, 0.15) is 37.3 Å². The molecule has 1 heterocycles. The van der Waals surface area contributed by atoms with Crippen molar-refractivity contribution >= 4 is 6.09 Å². The summed E-state index contributed by atoms with van der Waals surface area (Å²) in [6.07, 6.45) is -0.0218. The number of carbonyl (C=O) groups excluding carboxylic acids is 1. The Labute approximate surface area is 154 Å². The molecule has 4 nitrogen and oxygen atoms in total. The van der Waals surface area contributed by atoms with Crippen LogP contribution in [0.25, 0.3) is 11.1 Å². The van der Waals surface area contributed by atoms with Gasteiger partial charge in [0.15, 0.2) is 0 Å². The minimum Gasteiger partial charge on any atom is -0.448 e. The second-order valence-electron chi connectivity index (χ2n) is 7.59. The second-order valence-corrected chi connectivity index (χ2v) is 7.59. The minimum atomic E-state index is -0.345. The van der Waals surface area contributed by atoms with Crippen LogP contribution in [-0.2, 0) is 4.74 Å². The van der Waals surface area contributed by atoms with Crippen molar-refractivity contribution in [2.75, 3.05) is 13.2 Å². The molecule has 1 aliphatic carbocycles. The van der Waals surface area contributed by atoms with E-state index >= 15 is 0 Å². The van der Waals surface area contributed by atoms with Crippen LogP contribution in [0.2, 0.25) is 0 Å². The van der Waals surface area contributed by atoms with Gasteiger partial charge in [-0.2, -0.15) is 0 Å². The number of benzene rings is 2. The summed E-state index contributed by atoms with van der Waals surface area (Å²) < 4.78 is 5.74. The predicted octanol–water partition coefficient (Wildman–Crippen LogP) is 4.03.